The maximum atomic E-state index is 10.6. The number of hydrogen-bond donors (Lipinski definition) is 3. The maximum Gasteiger partial charge on any atom is 0.326 e. The third-order valence-electron chi connectivity index (χ3n) is 2.31. The van der Waals surface area contributed by atoms with Crippen LogP contribution in [0.25, 0.3) is 0 Å². The van der Waals surface area contributed by atoms with Gasteiger partial charge in [-0.25, -0.2) is 0 Å². The molecule has 1 unspecified atom stereocenters. The Morgan fingerprint density at radius 1 is 1.55 bits per heavy atom. The Morgan fingerprint density at radius 3 is 2.55 bits per heavy atom. The van der Waals surface area contributed by atoms with Gasteiger partial charge >= 0.3 is 5.97 Å². The van der Waals surface area contributed by atoms with Crippen molar-refractivity contribution in [2.24, 2.45) is 5.73 Å². The van der Waals surface area contributed by atoms with Crippen LogP contribution in [-0.4, -0.2) is 27.8 Å². The van der Waals surface area contributed by atoms with E-state index in [9.17, 15) is 9.90 Å². The van der Waals surface area contributed by atoms with Gasteiger partial charge in [-0.1, -0.05) is 12.8 Å². The molecule has 1 aliphatic rings. The van der Waals surface area contributed by atoms with Crippen molar-refractivity contribution in [3.05, 3.63) is 0 Å². The van der Waals surface area contributed by atoms with Crippen molar-refractivity contribution in [1.29, 1.82) is 0 Å². The first-order valence-corrected chi connectivity index (χ1v) is 3.78. The minimum Gasteiger partial charge on any atom is -0.480 e. The van der Waals surface area contributed by atoms with Crippen LogP contribution in [0.1, 0.15) is 25.7 Å². The fourth-order valence-corrected chi connectivity index (χ4v) is 1.43. The van der Waals surface area contributed by atoms with Gasteiger partial charge in [0, 0.05) is 0 Å². The Bertz CT molecular complexity index is 171. The Balaban J connectivity index is 2.72. The van der Waals surface area contributed by atoms with Crippen LogP contribution in [0.4, 0.5) is 0 Å². The van der Waals surface area contributed by atoms with E-state index in [1.807, 2.05) is 0 Å². The highest BCUT2D eigenvalue weighted by Crippen LogP contribution is 2.26. The van der Waals surface area contributed by atoms with Gasteiger partial charge < -0.3 is 15.9 Å². The second-order valence-corrected chi connectivity index (χ2v) is 3.11. The summed E-state index contributed by atoms with van der Waals surface area (Å²) in [5.41, 5.74) is 4.11. The molecule has 1 rings (SSSR count). The quantitative estimate of drug-likeness (QED) is 0.490. The molecule has 0 radical (unpaired) electrons. The number of hydrogen-bond acceptors (Lipinski definition) is 3. The number of aliphatic hydroxyl groups is 1. The molecule has 0 amide bonds. The number of rotatable bonds is 1. The molecule has 4 nitrogen and oxygen atoms in total. The largest absolute Gasteiger partial charge is 0.480 e. The fourth-order valence-electron chi connectivity index (χ4n) is 1.43. The van der Waals surface area contributed by atoms with Crippen LogP contribution < -0.4 is 5.73 Å². The topological polar surface area (TPSA) is 83.6 Å². The molecule has 4 N–H and O–H groups in total. The van der Waals surface area contributed by atoms with Crippen molar-refractivity contribution >= 4 is 5.97 Å². The molecule has 0 saturated heterocycles. The molecule has 1 fully saturated rings. The zero-order valence-corrected chi connectivity index (χ0v) is 6.29. The summed E-state index contributed by atoms with van der Waals surface area (Å²) in [4.78, 5) is 10.6. The predicted octanol–water partition coefficient (Wildman–Crippen LogP) is -0.297. The van der Waals surface area contributed by atoms with Crippen molar-refractivity contribution in [2.75, 3.05) is 0 Å². The molecular weight excluding hydrogens is 146 g/mol. The third-order valence-corrected chi connectivity index (χ3v) is 2.31. The van der Waals surface area contributed by atoms with Gasteiger partial charge in [0.25, 0.3) is 0 Å². The lowest BCUT2D eigenvalue weighted by atomic mass is 9.80. The molecule has 0 aromatic carbocycles. The van der Waals surface area contributed by atoms with Gasteiger partial charge in [-0.15, -0.1) is 0 Å². The average molecular weight is 159 g/mol. The van der Waals surface area contributed by atoms with E-state index in [1.165, 1.54) is 0 Å². The molecular formula is C7H13NO3. The molecule has 0 spiro atoms. The summed E-state index contributed by atoms with van der Waals surface area (Å²) >= 11 is 0. The van der Waals surface area contributed by atoms with E-state index < -0.39 is 17.6 Å². The number of carboxylic acid groups (broad SMARTS) is 1. The molecule has 0 aromatic rings. The highest BCUT2D eigenvalue weighted by Gasteiger charge is 2.42. The molecule has 4 heteroatoms. The van der Waals surface area contributed by atoms with Crippen LogP contribution in [0.2, 0.25) is 0 Å². The smallest absolute Gasteiger partial charge is 0.326 e. The van der Waals surface area contributed by atoms with Gasteiger partial charge in [-0.05, 0) is 12.8 Å². The molecule has 0 aliphatic heterocycles. The zero-order valence-electron chi connectivity index (χ0n) is 6.29. The second kappa shape index (κ2) is 2.79. The molecule has 64 valence electrons. The first-order chi connectivity index (χ1) is 5.07. The summed E-state index contributed by atoms with van der Waals surface area (Å²) in [5, 5.41) is 18.0. The Kier molecular flexibility index (Phi) is 2.15. The van der Waals surface area contributed by atoms with Crippen molar-refractivity contribution in [1.82, 2.24) is 0 Å². The highest BCUT2D eigenvalue weighted by atomic mass is 16.4. The van der Waals surface area contributed by atoms with Gasteiger partial charge in [0.1, 0.15) is 5.54 Å². The highest BCUT2D eigenvalue weighted by molar-refractivity contribution is 5.79. The van der Waals surface area contributed by atoms with Crippen LogP contribution in [-0.2, 0) is 4.79 Å². The molecule has 0 heterocycles. The van der Waals surface area contributed by atoms with Crippen molar-refractivity contribution in [3.8, 4) is 0 Å². The summed E-state index contributed by atoms with van der Waals surface area (Å²) in [6.07, 6.45) is 1.66. The van der Waals surface area contributed by atoms with Crippen LogP contribution >= 0.6 is 0 Å². The molecule has 0 aromatic heterocycles. The van der Waals surface area contributed by atoms with E-state index in [2.05, 4.69) is 0 Å². The minimum absolute atomic E-state index is 0.378. The summed E-state index contributed by atoms with van der Waals surface area (Å²) in [5.74, 6) is -1.09. The van der Waals surface area contributed by atoms with Gasteiger partial charge in [0.2, 0.25) is 0 Å². The standard InChI is InChI=1S/C7H13NO3/c8-7(6(10)11)4-2-1-3-5(7)9/h5,9H,1-4,8H2,(H,10,11)/t5-,7?/m0/s1. The summed E-state index contributed by atoms with van der Waals surface area (Å²) in [6, 6.07) is 0. The predicted molar refractivity (Wildman–Crippen MR) is 39.0 cm³/mol. The number of carbonyl (C=O) groups is 1. The van der Waals surface area contributed by atoms with Gasteiger partial charge in [-0.2, -0.15) is 0 Å². The van der Waals surface area contributed by atoms with Crippen LogP contribution in [0, 0.1) is 0 Å². The Hall–Kier alpha value is -0.610. The molecule has 0 bridgehead atoms. The normalized spacial score (nSPS) is 38.5. The van der Waals surface area contributed by atoms with Crippen LogP contribution in [0.3, 0.4) is 0 Å². The van der Waals surface area contributed by atoms with Crippen LogP contribution in [0.5, 0.6) is 0 Å². The molecule has 2 atom stereocenters. The lowest BCUT2D eigenvalue weighted by molar-refractivity contribution is -0.150. The van der Waals surface area contributed by atoms with Gasteiger partial charge in [0.15, 0.2) is 0 Å². The van der Waals surface area contributed by atoms with Crippen molar-refractivity contribution in [3.63, 3.8) is 0 Å². The molecule has 11 heavy (non-hydrogen) atoms. The van der Waals surface area contributed by atoms with Crippen molar-refractivity contribution < 1.29 is 15.0 Å². The Morgan fingerprint density at radius 2 is 2.18 bits per heavy atom. The maximum absolute atomic E-state index is 10.6. The number of carboxylic acids is 1. The first-order valence-electron chi connectivity index (χ1n) is 3.78. The van der Waals surface area contributed by atoms with Gasteiger partial charge in [0.05, 0.1) is 6.10 Å². The zero-order chi connectivity index (χ0) is 8.48. The summed E-state index contributed by atoms with van der Waals surface area (Å²) in [6.45, 7) is 0. The monoisotopic (exact) mass is 159 g/mol. The summed E-state index contributed by atoms with van der Waals surface area (Å²) < 4.78 is 0. The second-order valence-electron chi connectivity index (χ2n) is 3.11. The van der Waals surface area contributed by atoms with E-state index in [4.69, 9.17) is 10.8 Å². The summed E-state index contributed by atoms with van der Waals surface area (Å²) in [7, 11) is 0. The molecule has 1 saturated carbocycles. The fraction of sp³-hybridized carbons (Fsp3) is 0.857. The minimum atomic E-state index is -1.39. The number of nitrogens with two attached hydrogens (primary N) is 1. The Labute approximate surface area is 65.0 Å². The van der Waals surface area contributed by atoms with Gasteiger partial charge in [-0.3, -0.25) is 4.79 Å². The lowest BCUT2D eigenvalue weighted by Crippen LogP contribution is -2.58. The molecule has 1 aliphatic carbocycles. The van der Waals surface area contributed by atoms with E-state index in [0.717, 1.165) is 12.8 Å². The van der Waals surface area contributed by atoms with E-state index in [-0.39, 0.29) is 0 Å². The van der Waals surface area contributed by atoms with E-state index in [0.29, 0.717) is 12.8 Å². The SMILES string of the molecule is NC1(C(=O)O)CCCC[C@@H]1O. The average Bonchev–Trinajstić information content (AvgIpc) is 1.95. The van der Waals surface area contributed by atoms with Crippen LogP contribution in [0.15, 0.2) is 0 Å². The third kappa shape index (κ3) is 1.36. The number of aliphatic hydroxyl groups excluding tert-OH is 1. The number of aliphatic carboxylic acids is 1. The first kappa shape index (κ1) is 8.49. The lowest BCUT2D eigenvalue weighted by Gasteiger charge is -2.33. The van der Waals surface area contributed by atoms with E-state index >= 15 is 0 Å². The van der Waals surface area contributed by atoms with E-state index in [1.54, 1.807) is 0 Å². The van der Waals surface area contributed by atoms with Crippen molar-refractivity contribution in [2.45, 2.75) is 37.3 Å².